The number of carbonyl (C=O) groups excluding carboxylic acids is 1. The van der Waals surface area contributed by atoms with Gasteiger partial charge in [0.25, 0.3) is 5.91 Å². The summed E-state index contributed by atoms with van der Waals surface area (Å²) in [5, 5.41) is 12.6. The van der Waals surface area contributed by atoms with Gasteiger partial charge >= 0.3 is 0 Å². The maximum absolute atomic E-state index is 13.7. The van der Waals surface area contributed by atoms with E-state index in [0.717, 1.165) is 12.1 Å². The molecule has 4 rings (SSSR count). The van der Waals surface area contributed by atoms with Crippen molar-refractivity contribution in [1.29, 1.82) is 5.26 Å². The monoisotopic (exact) mass is 341 g/mol. The molecule has 4 nitrogen and oxygen atoms in total. The van der Waals surface area contributed by atoms with Gasteiger partial charge in [0.05, 0.1) is 17.1 Å². The minimum atomic E-state index is -1.55. The number of carbonyl (C=O) groups is 1. The number of rotatable bonds is 1. The summed E-state index contributed by atoms with van der Waals surface area (Å²) < 4.78 is 42.4. The normalized spacial score (nSPS) is 13.4. The van der Waals surface area contributed by atoms with Crippen molar-refractivity contribution in [2.24, 2.45) is 0 Å². The van der Waals surface area contributed by atoms with Crippen LogP contribution >= 0.6 is 0 Å². The van der Waals surface area contributed by atoms with Gasteiger partial charge in [-0.25, -0.2) is 13.2 Å². The van der Waals surface area contributed by atoms with E-state index in [-0.39, 0.29) is 17.0 Å². The van der Waals surface area contributed by atoms with E-state index in [1.54, 1.807) is 16.7 Å². The average molecular weight is 341 g/mol. The van der Waals surface area contributed by atoms with Crippen LogP contribution < -0.4 is 5.32 Å². The van der Waals surface area contributed by atoms with Crippen LogP contribution in [0.4, 0.5) is 13.2 Å². The van der Waals surface area contributed by atoms with Crippen molar-refractivity contribution in [3.8, 4) is 17.2 Å². The summed E-state index contributed by atoms with van der Waals surface area (Å²) in [5.41, 5.74) is 1.73. The lowest BCUT2D eigenvalue weighted by atomic mass is 9.99. The first-order valence-electron chi connectivity index (χ1n) is 7.50. The zero-order valence-corrected chi connectivity index (χ0v) is 12.7. The molecular weight excluding hydrogens is 331 g/mol. The van der Waals surface area contributed by atoms with E-state index in [9.17, 15) is 23.2 Å². The van der Waals surface area contributed by atoms with E-state index in [2.05, 4.69) is 5.32 Å². The lowest BCUT2D eigenvalue weighted by Crippen LogP contribution is -2.34. The topological polar surface area (TPSA) is 57.8 Å². The maximum Gasteiger partial charge on any atom is 0.268 e. The number of hydrogen-bond acceptors (Lipinski definition) is 2. The molecule has 1 aliphatic heterocycles. The molecule has 2 aromatic carbocycles. The van der Waals surface area contributed by atoms with Gasteiger partial charge in [-0.15, -0.1) is 0 Å². The first kappa shape index (κ1) is 15.3. The molecule has 0 saturated heterocycles. The Morgan fingerprint density at radius 2 is 1.80 bits per heavy atom. The highest BCUT2D eigenvalue weighted by Crippen LogP contribution is 2.34. The number of hydrogen-bond donors (Lipinski definition) is 1. The fourth-order valence-electron chi connectivity index (χ4n) is 3.20. The van der Waals surface area contributed by atoms with Gasteiger partial charge in [-0.2, -0.15) is 5.26 Å². The van der Waals surface area contributed by atoms with E-state index in [4.69, 9.17) is 0 Å². The third-order valence-electron chi connectivity index (χ3n) is 4.27. The van der Waals surface area contributed by atoms with Gasteiger partial charge in [-0.3, -0.25) is 4.79 Å². The molecule has 1 aliphatic rings. The molecule has 0 unspecified atom stereocenters. The summed E-state index contributed by atoms with van der Waals surface area (Å²) in [4.78, 5) is 12.0. The van der Waals surface area contributed by atoms with Gasteiger partial charge in [0.1, 0.15) is 5.69 Å². The lowest BCUT2D eigenvalue weighted by molar-refractivity contribution is 0.0929. The van der Waals surface area contributed by atoms with Crippen LogP contribution in [-0.2, 0) is 6.54 Å². The van der Waals surface area contributed by atoms with Crippen molar-refractivity contribution in [3.05, 3.63) is 59.0 Å². The van der Waals surface area contributed by atoms with Gasteiger partial charge < -0.3 is 9.88 Å². The zero-order chi connectivity index (χ0) is 17.7. The molecule has 0 atom stereocenters. The Hall–Kier alpha value is -3.27. The molecule has 0 aliphatic carbocycles. The van der Waals surface area contributed by atoms with Crippen LogP contribution in [0.3, 0.4) is 0 Å². The Balaban J connectivity index is 2.09. The molecule has 25 heavy (non-hydrogen) atoms. The van der Waals surface area contributed by atoms with Gasteiger partial charge in [0.2, 0.25) is 0 Å². The minimum absolute atomic E-state index is 0.102. The first-order valence-corrected chi connectivity index (χ1v) is 7.50. The van der Waals surface area contributed by atoms with Crippen LogP contribution in [-0.4, -0.2) is 17.0 Å². The van der Waals surface area contributed by atoms with Crippen LogP contribution in [0.2, 0.25) is 0 Å². The van der Waals surface area contributed by atoms with E-state index in [1.165, 1.54) is 6.07 Å². The molecule has 0 saturated carbocycles. The van der Waals surface area contributed by atoms with Crippen molar-refractivity contribution in [2.45, 2.75) is 6.54 Å². The molecule has 1 N–H and O–H groups in total. The quantitative estimate of drug-likeness (QED) is 0.690. The number of nitriles is 1. The molecule has 0 spiro atoms. The number of halogens is 3. The minimum Gasteiger partial charge on any atom is -0.349 e. The summed E-state index contributed by atoms with van der Waals surface area (Å²) in [7, 11) is 0. The second kappa shape index (κ2) is 5.38. The molecule has 0 fully saturated rings. The number of nitrogens with one attached hydrogen (secondary N) is 1. The summed E-state index contributed by atoms with van der Waals surface area (Å²) >= 11 is 0. The number of benzene rings is 2. The average Bonchev–Trinajstić information content (AvgIpc) is 2.98. The highest BCUT2D eigenvalue weighted by molar-refractivity contribution is 6.04. The Labute approximate surface area is 140 Å². The van der Waals surface area contributed by atoms with Crippen LogP contribution in [0.5, 0.6) is 0 Å². The SMILES string of the molecule is N#Cc1cc(-c2cc(F)c(F)c(F)c2)c2c(c1)cc1n2CCNC1=O. The van der Waals surface area contributed by atoms with Crippen molar-refractivity contribution in [1.82, 2.24) is 9.88 Å². The number of amides is 1. The Morgan fingerprint density at radius 1 is 1.08 bits per heavy atom. The zero-order valence-electron chi connectivity index (χ0n) is 12.7. The second-order valence-electron chi connectivity index (χ2n) is 5.76. The molecule has 1 aromatic heterocycles. The third kappa shape index (κ3) is 2.26. The molecule has 2 heterocycles. The Bertz CT molecular complexity index is 1070. The molecule has 1 amide bonds. The van der Waals surface area contributed by atoms with Crippen LogP contribution in [0.15, 0.2) is 30.3 Å². The lowest BCUT2D eigenvalue weighted by Gasteiger charge is -2.18. The summed E-state index contributed by atoms with van der Waals surface area (Å²) in [5.74, 6) is -4.43. The summed E-state index contributed by atoms with van der Waals surface area (Å²) in [6.45, 7) is 0.900. The van der Waals surface area contributed by atoms with Gasteiger partial charge in [0.15, 0.2) is 17.5 Å². The van der Waals surface area contributed by atoms with Crippen molar-refractivity contribution < 1.29 is 18.0 Å². The van der Waals surface area contributed by atoms with Crippen molar-refractivity contribution in [2.75, 3.05) is 6.54 Å². The largest absolute Gasteiger partial charge is 0.349 e. The Kier molecular flexibility index (Phi) is 3.29. The number of aromatic nitrogens is 1. The smallest absolute Gasteiger partial charge is 0.268 e. The number of nitrogens with zero attached hydrogens (tertiary/aromatic N) is 2. The van der Waals surface area contributed by atoms with E-state index in [1.807, 2.05) is 6.07 Å². The Morgan fingerprint density at radius 3 is 2.48 bits per heavy atom. The summed E-state index contributed by atoms with van der Waals surface area (Å²) in [6, 6.07) is 8.48. The van der Waals surface area contributed by atoms with E-state index in [0.29, 0.717) is 35.2 Å². The standard InChI is InChI=1S/C18H10F3N3O/c19-13-5-10(6-14(20)16(13)21)12-4-9(8-22)3-11-7-15-18(25)23-1-2-24(15)17(11)12/h3-7H,1-2H2,(H,23,25). The highest BCUT2D eigenvalue weighted by atomic mass is 19.2. The highest BCUT2D eigenvalue weighted by Gasteiger charge is 2.23. The fourth-order valence-corrected chi connectivity index (χ4v) is 3.20. The molecule has 7 heteroatoms. The van der Waals surface area contributed by atoms with Gasteiger partial charge in [-0.1, -0.05) is 0 Å². The van der Waals surface area contributed by atoms with Crippen LogP contribution in [0.25, 0.3) is 22.0 Å². The fraction of sp³-hybridized carbons (Fsp3) is 0.111. The second-order valence-corrected chi connectivity index (χ2v) is 5.76. The van der Waals surface area contributed by atoms with Crippen LogP contribution in [0, 0.1) is 28.8 Å². The maximum atomic E-state index is 13.7. The van der Waals surface area contributed by atoms with E-state index >= 15 is 0 Å². The summed E-state index contributed by atoms with van der Waals surface area (Å²) in [6.07, 6.45) is 0. The predicted octanol–water partition coefficient (Wildman–Crippen LogP) is 3.34. The van der Waals surface area contributed by atoms with E-state index < -0.39 is 17.5 Å². The predicted molar refractivity (Wildman–Crippen MR) is 84.3 cm³/mol. The number of fused-ring (bicyclic) bond motifs is 3. The van der Waals surface area contributed by atoms with Gasteiger partial charge in [-0.05, 0) is 35.9 Å². The molecule has 3 aromatic rings. The third-order valence-corrected chi connectivity index (χ3v) is 4.27. The molecule has 124 valence electrons. The molecule has 0 bridgehead atoms. The molecular formula is C18H10F3N3O. The van der Waals surface area contributed by atoms with Gasteiger partial charge in [0, 0.05) is 24.0 Å². The van der Waals surface area contributed by atoms with Crippen molar-refractivity contribution >= 4 is 16.8 Å². The first-order chi connectivity index (χ1) is 12.0. The van der Waals surface area contributed by atoms with Crippen molar-refractivity contribution in [3.63, 3.8) is 0 Å². The molecule has 0 radical (unpaired) electrons. The van der Waals surface area contributed by atoms with Crippen LogP contribution in [0.1, 0.15) is 16.1 Å².